The highest BCUT2D eigenvalue weighted by atomic mass is 16.3. The smallest absolute Gasteiger partial charge is 0.115 e. The Bertz CT molecular complexity index is 482. The molecule has 0 saturated heterocycles. The predicted molar refractivity (Wildman–Crippen MR) is 77.2 cm³/mol. The monoisotopic (exact) mass is 256 g/mol. The quantitative estimate of drug-likeness (QED) is 0.835. The van der Waals surface area contributed by atoms with Gasteiger partial charge in [0.05, 0.1) is 0 Å². The lowest BCUT2D eigenvalue weighted by Gasteiger charge is -2.13. The van der Waals surface area contributed by atoms with E-state index in [0.717, 1.165) is 19.4 Å². The molecule has 1 atom stereocenters. The topological polar surface area (TPSA) is 45.1 Å². The number of aromatic hydroxyl groups is 1. The minimum atomic E-state index is 0.320. The SMILES string of the molecule is CC(Cc1ccc(O)cc1)NCCc1cccnc1. The highest BCUT2D eigenvalue weighted by molar-refractivity contribution is 5.26. The number of hydrogen-bond donors (Lipinski definition) is 2. The first-order valence-corrected chi connectivity index (χ1v) is 6.64. The maximum absolute atomic E-state index is 9.24. The Kier molecular flexibility index (Phi) is 4.93. The lowest BCUT2D eigenvalue weighted by Crippen LogP contribution is -2.29. The highest BCUT2D eigenvalue weighted by Crippen LogP contribution is 2.11. The summed E-state index contributed by atoms with van der Waals surface area (Å²) in [6.07, 6.45) is 5.66. The zero-order valence-electron chi connectivity index (χ0n) is 11.2. The number of phenols is 1. The number of hydrogen-bond acceptors (Lipinski definition) is 3. The van der Waals surface area contributed by atoms with E-state index in [-0.39, 0.29) is 0 Å². The van der Waals surface area contributed by atoms with Gasteiger partial charge in [0.1, 0.15) is 5.75 Å². The summed E-state index contributed by atoms with van der Waals surface area (Å²) in [5, 5.41) is 12.7. The average molecular weight is 256 g/mol. The fraction of sp³-hybridized carbons (Fsp3) is 0.312. The van der Waals surface area contributed by atoms with Crippen molar-refractivity contribution < 1.29 is 5.11 Å². The minimum absolute atomic E-state index is 0.320. The number of rotatable bonds is 6. The molecule has 0 radical (unpaired) electrons. The normalized spacial score (nSPS) is 12.3. The van der Waals surface area contributed by atoms with Gasteiger partial charge in [-0.25, -0.2) is 0 Å². The second-order valence-electron chi connectivity index (χ2n) is 4.84. The van der Waals surface area contributed by atoms with E-state index in [9.17, 15) is 5.11 Å². The summed E-state index contributed by atoms with van der Waals surface area (Å²) in [5.74, 6) is 0.320. The number of nitrogens with zero attached hydrogens (tertiary/aromatic N) is 1. The molecule has 0 bridgehead atoms. The van der Waals surface area contributed by atoms with Crippen molar-refractivity contribution >= 4 is 0 Å². The van der Waals surface area contributed by atoms with Crippen molar-refractivity contribution in [3.8, 4) is 5.75 Å². The van der Waals surface area contributed by atoms with E-state index in [1.165, 1.54) is 11.1 Å². The summed E-state index contributed by atoms with van der Waals surface area (Å²) in [4.78, 5) is 4.11. The summed E-state index contributed by atoms with van der Waals surface area (Å²) in [6, 6.07) is 11.9. The molecule has 100 valence electrons. The standard InChI is InChI=1S/C16H20N2O/c1-13(11-14-4-6-16(19)7-5-14)18-10-8-15-3-2-9-17-12-15/h2-7,9,12-13,18-19H,8,10-11H2,1H3. The van der Waals surface area contributed by atoms with Crippen LogP contribution in [-0.4, -0.2) is 22.7 Å². The fourth-order valence-electron chi connectivity index (χ4n) is 2.07. The molecule has 3 nitrogen and oxygen atoms in total. The van der Waals surface area contributed by atoms with Gasteiger partial charge in [-0.15, -0.1) is 0 Å². The number of aromatic nitrogens is 1. The van der Waals surface area contributed by atoms with Gasteiger partial charge in [-0.2, -0.15) is 0 Å². The molecule has 0 aliphatic heterocycles. The summed E-state index contributed by atoms with van der Waals surface area (Å²) >= 11 is 0. The molecule has 1 aromatic heterocycles. The van der Waals surface area contributed by atoms with Crippen molar-refractivity contribution in [2.75, 3.05) is 6.54 Å². The second-order valence-corrected chi connectivity index (χ2v) is 4.84. The van der Waals surface area contributed by atoms with E-state index < -0.39 is 0 Å². The van der Waals surface area contributed by atoms with Gasteiger partial charge in [-0.05, 0) is 55.6 Å². The lowest BCUT2D eigenvalue weighted by atomic mass is 10.1. The van der Waals surface area contributed by atoms with Crippen LogP contribution in [0, 0.1) is 0 Å². The third kappa shape index (κ3) is 4.72. The Hall–Kier alpha value is -1.87. The highest BCUT2D eigenvalue weighted by Gasteiger charge is 2.03. The molecular weight excluding hydrogens is 236 g/mol. The first-order valence-electron chi connectivity index (χ1n) is 6.64. The Labute approximate surface area is 114 Å². The van der Waals surface area contributed by atoms with Gasteiger partial charge in [0, 0.05) is 18.4 Å². The van der Waals surface area contributed by atoms with Crippen LogP contribution >= 0.6 is 0 Å². The lowest BCUT2D eigenvalue weighted by molar-refractivity contribution is 0.474. The van der Waals surface area contributed by atoms with Gasteiger partial charge in [-0.3, -0.25) is 4.98 Å². The summed E-state index contributed by atoms with van der Waals surface area (Å²) in [7, 11) is 0. The van der Waals surface area contributed by atoms with Gasteiger partial charge >= 0.3 is 0 Å². The third-order valence-corrected chi connectivity index (χ3v) is 3.11. The molecule has 0 aliphatic rings. The number of pyridine rings is 1. The van der Waals surface area contributed by atoms with E-state index in [0.29, 0.717) is 11.8 Å². The first-order chi connectivity index (χ1) is 9.24. The van der Waals surface area contributed by atoms with Crippen LogP contribution in [0.5, 0.6) is 5.75 Å². The van der Waals surface area contributed by atoms with E-state index in [1.54, 1.807) is 18.3 Å². The van der Waals surface area contributed by atoms with Crippen LogP contribution in [-0.2, 0) is 12.8 Å². The summed E-state index contributed by atoms with van der Waals surface area (Å²) in [6.45, 7) is 3.13. The van der Waals surface area contributed by atoms with Gasteiger partial charge < -0.3 is 10.4 Å². The van der Waals surface area contributed by atoms with Crippen molar-refractivity contribution in [2.45, 2.75) is 25.8 Å². The van der Waals surface area contributed by atoms with Gasteiger partial charge in [0.15, 0.2) is 0 Å². The Morgan fingerprint density at radius 1 is 1.16 bits per heavy atom. The van der Waals surface area contributed by atoms with E-state index >= 15 is 0 Å². The summed E-state index contributed by atoms with van der Waals surface area (Å²) in [5.41, 5.74) is 2.49. The molecule has 0 saturated carbocycles. The number of phenolic OH excluding ortho intramolecular Hbond substituents is 1. The Balaban J connectivity index is 1.73. The molecule has 0 fully saturated rings. The van der Waals surface area contributed by atoms with Crippen molar-refractivity contribution in [3.63, 3.8) is 0 Å². The van der Waals surface area contributed by atoms with E-state index in [4.69, 9.17) is 0 Å². The first kappa shape index (κ1) is 13.6. The van der Waals surface area contributed by atoms with Crippen molar-refractivity contribution in [2.24, 2.45) is 0 Å². The zero-order valence-corrected chi connectivity index (χ0v) is 11.2. The van der Waals surface area contributed by atoms with Crippen molar-refractivity contribution in [3.05, 3.63) is 59.9 Å². The Morgan fingerprint density at radius 2 is 1.95 bits per heavy atom. The van der Waals surface area contributed by atoms with Gasteiger partial charge in [0.25, 0.3) is 0 Å². The molecule has 1 aromatic carbocycles. The molecular formula is C16H20N2O. The summed E-state index contributed by atoms with van der Waals surface area (Å²) < 4.78 is 0. The maximum atomic E-state index is 9.24. The number of nitrogens with one attached hydrogen (secondary N) is 1. The van der Waals surface area contributed by atoms with Crippen LogP contribution in [0.1, 0.15) is 18.1 Å². The third-order valence-electron chi connectivity index (χ3n) is 3.11. The fourth-order valence-corrected chi connectivity index (χ4v) is 2.07. The molecule has 0 aliphatic carbocycles. The van der Waals surface area contributed by atoms with Crippen LogP contribution < -0.4 is 5.32 Å². The predicted octanol–water partition coefficient (Wildman–Crippen LogP) is 2.55. The number of benzene rings is 1. The maximum Gasteiger partial charge on any atom is 0.115 e. The van der Waals surface area contributed by atoms with E-state index in [1.807, 2.05) is 24.4 Å². The largest absolute Gasteiger partial charge is 0.508 e. The van der Waals surface area contributed by atoms with Crippen LogP contribution in [0.4, 0.5) is 0 Å². The molecule has 1 unspecified atom stereocenters. The molecule has 2 aromatic rings. The van der Waals surface area contributed by atoms with Gasteiger partial charge in [-0.1, -0.05) is 18.2 Å². The molecule has 19 heavy (non-hydrogen) atoms. The molecule has 2 N–H and O–H groups in total. The minimum Gasteiger partial charge on any atom is -0.508 e. The van der Waals surface area contributed by atoms with Gasteiger partial charge in [0.2, 0.25) is 0 Å². The molecule has 3 heteroatoms. The van der Waals surface area contributed by atoms with Crippen molar-refractivity contribution in [1.29, 1.82) is 0 Å². The van der Waals surface area contributed by atoms with E-state index in [2.05, 4.69) is 23.3 Å². The second kappa shape index (κ2) is 6.90. The molecule has 1 heterocycles. The van der Waals surface area contributed by atoms with Crippen LogP contribution in [0.3, 0.4) is 0 Å². The average Bonchev–Trinajstić information content (AvgIpc) is 2.43. The Morgan fingerprint density at radius 3 is 2.63 bits per heavy atom. The van der Waals surface area contributed by atoms with Crippen molar-refractivity contribution in [1.82, 2.24) is 10.3 Å². The van der Waals surface area contributed by atoms with Crippen LogP contribution in [0.25, 0.3) is 0 Å². The molecule has 0 amide bonds. The van der Waals surface area contributed by atoms with Crippen LogP contribution in [0.2, 0.25) is 0 Å². The van der Waals surface area contributed by atoms with Crippen LogP contribution in [0.15, 0.2) is 48.8 Å². The zero-order chi connectivity index (χ0) is 13.5. The molecule has 0 spiro atoms. The molecule has 2 rings (SSSR count).